The molecular weight excluding hydrogens is 503 g/mol. The van der Waals surface area contributed by atoms with Crippen LogP contribution < -0.4 is 20.8 Å². The van der Waals surface area contributed by atoms with Crippen LogP contribution in [-0.4, -0.2) is 29.5 Å². The summed E-state index contributed by atoms with van der Waals surface area (Å²) >= 11 is 12.0. The molecule has 3 aromatic carbocycles. The summed E-state index contributed by atoms with van der Waals surface area (Å²) in [7, 11) is 1.47. The monoisotopic (exact) mass is 524 g/mol. The Morgan fingerprint density at radius 2 is 1.58 bits per heavy atom. The highest BCUT2D eigenvalue weighted by atomic mass is 35.5. The highest BCUT2D eigenvalue weighted by Gasteiger charge is 2.23. The summed E-state index contributed by atoms with van der Waals surface area (Å²) in [4.78, 5) is 38.7. The van der Waals surface area contributed by atoms with Crippen LogP contribution in [0.1, 0.15) is 23.0 Å². The Balaban J connectivity index is 1.64. The maximum absolute atomic E-state index is 13.2. The lowest BCUT2D eigenvalue weighted by Crippen LogP contribution is -2.36. The van der Waals surface area contributed by atoms with Gasteiger partial charge in [-0.1, -0.05) is 54.4 Å². The van der Waals surface area contributed by atoms with Gasteiger partial charge in [-0.05, 0) is 54.4 Å². The first kappa shape index (κ1) is 25.1. The van der Waals surface area contributed by atoms with Crippen LogP contribution in [-0.2, 0) is 16.0 Å². The number of hydrogen-bond donors (Lipinski definition) is 3. The minimum absolute atomic E-state index is 0.0639. The van der Waals surface area contributed by atoms with Gasteiger partial charge in [-0.2, -0.15) is 0 Å². The Morgan fingerprint density at radius 3 is 2.25 bits per heavy atom. The van der Waals surface area contributed by atoms with E-state index in [1.165, 1.54) is 17.9 Å². The number of hydrogen-bond acceptors (Lipinski definition) is 4. The first-order valence-electron chi connectivity index (χ1n) is 11.0. The van der Waals surface area contributed by atoms with Gasteiger partial charge >= 0.3 is 11.8 Å². The molecule has 0 saturated carbocycles. The molecule has 36 heavy (non-hydrogen) atoms. The molecule has 0 radical (unpaired) electrons. The number of methoxy groups -OCH3 is 1. The van der Waals surface area contributed by atoms with E-state index in [1.807, 2.05) is 19.1 Å². The summed E-state index contributed by atoms with van der Waals surface area (Å²) in [6.45, 7) is 2.02. The first-order valence-corrected chi connectivity index (χ1v) is 11.7. The zero-order valence-corrected chi connectivity index (χ0v) is 20.9. The van der Waals surface area contributed by atoms with Gasteiger partial charge in [0.2, 0.25) is 0 Å². The lowest BCUT2D eigenvalue weighted by atomic mass is 10.1. The lowest BCUT2D eigenvalue weighted by Gasteiger charge is -2.14. The van der Waals surface area contributed by atoms with Crippen LogP contribution in [0.15, 0.2) is 66.7 Å². The minimum Gasteiger partial charge on any atom is -0.494 e. The highest BCUT2D eigenvalue weighted by Crippen LogP contribution is 2.29. The number of nitrogens with zero attached hydrogens (tertiary/aromatic N) is 1. The summed E-state index contributed by atoms with van der Waals surface area (Å²) in [5.41, 5.74) is 4.96. The molecule has 4 rings (SSSR count). The van der Waals surface area contributed by atoms with E-state index in [0.29, 0.717) is 33.0 Å². The Hall–Kier alpha value is -4.01. The second-order valence-corrected chi connectivity index (χ2v) is 8.61. The van der Waals surface area contributed by atoms with E-state index < -0.39 is 17.7 Å². The fourth-order valence-corrected chi connectivity index (χ4v) is 3.91. The number of ether oxygens (including phenoxy) is 1. The summed E-state index contributed by atoms with van der Waals surface area (Å²) in [5, 5.41) is 6.51. The minimum atomic E-state index is -0.971. The van der Waals surface area contributed by atoms with E-state index in [-0.39, 0.29) is 10.7 Å². The van der Waals surface area contributed by atoms with Crippen molar-refractivity contribution in [3.05, 3.63) is 88.0 Å². The van der Waals surface area contributed by atoms with E-state index in [0.717, 1.165) is 12.0 Å². The molecule has 1 heterocycles. The maximum Gasteiger partial charge on any atom is 0.328 e. The average molecular weight is 525 g/mol. The molecule has 0 bridgehead atoms. The Labute approximate surface area is 217 Å². The van der Waals surface area contributed by atoms with Crippen molar-refractivity contribution in [2.24, 2.45) is 0 Å². The second-order valence-electron chi connectivity index (χ2n) is 7.79. The molecule has 3 N–H and O–H groups in total. The third kappa shape index (κ3) is 5.30. The van der Waals surface area contributed by atoms with Gasteiger partial charge in [0.05, 0.1) is 17.2 Å². The molecule has 0 atom stereocenters. The number of carbonyl (C=O) groups excluding carboxylic acids is 3. The Kier molecular flexibility index (Phi) is 7.47. The smallest absolute Gasteiger partial charge is 0.328 e. The SMILES string of the molecule is CCc1ccc(NC(=O)C(=O)Nn2c(C(=O)Nc3ccc(Cl)c(Cl)c3)cc3cccc(OC)c32)cc1. The molecule has 10 heteroatoms. The van der Waals surface area contributed by atoms with E-state index in [4.69, 9.17) is 27.9 Å². The van der Waals surface area contributed by atoms with Crippen LogP contribution in [0.25, 0.3) is 10.9 Å². The van der Waals surface area contributed by atoms with Crippen LogP contribution in [0.2, 0.25) is 10.0 Å². The molecule has 0 aliphatic carbocycles. The summed E-state index contributed by atoms with van der Waals surface area (Å²) < 4.78 is 6.66. The van der Waals surface area contributed by atoms with E-state index >= 15 is 0 Å². The fraction of sp³-hybridized carbons (Fsp3) is 0.115. The third-order valence-electron chi connectivity index (χ3n) is 5.46. The Bertz CT molecular complexity index is 1470. The first-order chi connectivity index (χ1) is 17.3. The van der Waals surface area contributed by atoms with Gasteiger partial charge in [0.25, 0.3) is 5.91 Å². The topological polar surface area (TPSA) is 101 Å². The van der Waals surface area contributed by atoms with Crippen molar-refractivity contribution in [2.75, 3.05) is 23.2 Å². The van der Waals surface area contributed by atoms with Crippen molar-refractivity contribution in [3.8, 4) is 5.75 Å². The van der Waals surface area contributed by atoms with Crippen molar-refractivity contribution in [2.45, 2.75) is 13.3 Å². The number of rotatable bonds is 6. The van der Waals surface area contributed by atoms with Gasteiger partial charge in [-0.3, -0.25) is 19.8 Å². The number of aromatic nitrogens is 1. The van der Waals surface area contributed by atoms with Crippen molar-refractivity contribution >= 4 is 63.2 Å². The number of benzene rings is 3. The molecule has 0 aliphatic heterocycles. The summed E-state index contributed by atoms with van der Waals surface area (Å²) in [6, 6.07) is 18.6. The third-order valence-corrected chi connectivity index (χ3v) is 6.20. The van der Waals surface area contributed by atoms with Gasteiger partial charge in [0.15, 0.2) is 0 Å². The van der Waals surface area contributed by atoms with Crippen LogP contribution in [0.4, 0.5) is 11.4 Å². The standard InChI is InChI=1S/C26H22Cl2N4O4/c1-3-15-7-9-17(10-8-15)29-25(34)26(35)31-32-21(13-16-5-4-6-22(36-2)23(16)32)24(33)30-18-11-12-19(27)20(28)14-18/h4-14H,3H2,1-2H3,(H,29,34)(H,30,33)(H,31,35). The number of halogens is 2. The number of para-hydroxylation sites is 1. The molecule has 0 fully saturated rings. The average Bonchev–Trinajstić information content (AvgIpc) is 3.25. The van der Waals surface area contributed by atoms with Crippen molar-refractivity contribution < 1.29 is 19.1 Å². The summed E-state index contributed by atoms with van der Waals surface area (Å²) in [5.74, 6) is -2.02. The molecule has 8 nitrogen and oxygen atoms in total. The lowest BCUT2D eigenvalue weighted by molar-refractivity contribution is -0.133. The fourth-order valence-electron chi connectivity index (χ4n) is 3.61. The van der Waals surface area contributed by atoms with Crippen LogP contribution >= 0.6 is 23.2 Å². The molecule has 1 aromatic heterocycles. The number of aryl methyl sites for hydroxylation is 1. The van der Waals surface area contributed by atoms with E-state index in [9.17, 15) is 14.4 Å². The number of fused-ring (bicyclic) bond motifs is 1. The molecule has 0 saturated heterocycles. The molecule has 0 unspecified atom stereocenters. The van der Waals surface area contributed by atoms with Crippen molar-refractivity contribution in [3.63, 3.8) is 0 Å². The van der Waals surface area contributed by atoms with Gasteiger partial charge in [0, 0.05) is 16.8 Å². The van der Waals surface area contributed by atoms with Gasteiger partial charge in [-0.15, -0.1) is 0 Å². The normalized spacial score (nSPS) is 10.7. The molecule has 0 spiro atoms. The number of anilines is 2. The zero-order valence-electron chi connectivity index (χ0n) is 19.4. The molecule has 184 valence electrons. The quantitative estimate of drug-likeness (QED) is 0.290. The number of nitrogens with one attached hydrogen (secondary N) is 3. The largest absolute Gasteiger partial charge is 0.494 e. The summed E-state index contributed by atoms with van der Waals surface area (Å²) in [6.07, 6.45) is 0.852. The van der Waals surface area contributed by atoms with Crippen LogP contribution in [0, 0.1) is 0 Å². The molecular formula is C26H22Cl2N4O4. The van der Waals surface area contributed by atoms with Crippen LogP contribution in [0.3, 0.4) is 0 Å². The number of carbonyl (C=O) groups is 3. The maximum atomic E-state index is 13.2. The second kappa shape index (κ2) is 10.7. The van der Waals surface area contributed by atoms with Crippen molar-refractivity contribution in [1.82, 2.24) is 4.68 Å². The predicted octanol–water partition coefficient (Wildman–Crippen LogP) is 5.48. The van der Waals surface area contributed by atoms with Gasteiger partial charge in [0.1, 0.15) is 17.0 Å². The highest BCUT2D eigenvalue weighted by molar-refractivity contribution is 6.43. The molecule has 4 aromatic rings. The molecule has 3 amide bonds. The molecule has 0 aliphatic rings. The van der Waals surface area contributed by atoms with Crippen molar-refractivity contribution in [1.29, 1.82) is 0 Å². The number of amides is 3. The van der Waals surface area contributed by atoms with E-state index in [2.05, 4.69) is 16.1 Å². The predicted molar refractivity (Wildman–Crippen MR) is 142 cm³/mol. The van der Waals surface area contributed by atoms with E-state index in [1.54, 1.807) is 48.5 Å². The zero-order chi connectivity index (χ0) is 25.8. The van der Waals surface area contributed by atoms with Gasteiger partial charge in [-0.25, -0.2) is 4.68 Å². The Morgan fingerprint density at radius 1 is 0.861 bits per heavy atom. The van der Waals surface area contributed by atoms with Crippen LogP contribution in [0.5, 0.6) is 5.75 Å². The van der Waals surface area contributed by atoms with Gasteiger partial charge < -0.3 is 15.4 Å².